The lowest BCUT2D eigenvalue weighted by Crippen LogP contribution is -2.50. The first-order chi connectivity index (χ1) is 8.97. The normalized spacial score (nSPS) is 26.4. The van der Waals surface area contributed by atoms with Crippen molar-refractivity contribution >= 4 is 11.4 Å². The van der Waals surface area contributed by atoms with Crippen LogP contribution < -0.4 is 10.2 Å². The van der Waals surface area contributed by atoms with Gasteiger partial charge in [0.15, 0.2) is 0 Å². The van der Waals surface area contributed by atoms with Crippen molar-refractivity contribution in [3.05, 3.63) is 23.8 Å². The first kappa shape index (κ1) is 12.8. The molecule has 1 N–H and O–H groups in total. The average molecular weight is 258 g/mol. The Morgan fingerprint density at radius 3 is 2.63 bits per heavy atom. The van der Waals surface area contributed by atoms with Gasteiger partial charge in [-0.1, -0.05) is 39.7 Å². The van der Waals surface area contributed by atoms with Crippen molar-refractivity contribution in [2.45, 2.75) is 64.0 Å². The molecule has 0 saturated heterocycles. The fourth-order valence-electron chi connectivity index (χ4n) is 3.55. The molecule has 3 rings (SSSR count). The molecule has 2 unspecified atom stereocenters. The highest BCUT2D eigenvalue weighted by Crippen LogP contribution is 2.40. The van der Waals surface area contributed by atoms with Gasteiger partial charge in [-0.05, 0) is 36.0 Å². The van der Waals surface area contributed by atoms with E-state index in [1.165, 1.54) is 42.6 Å². The van der Waals surface area contributed by atoms with Gasteiger partial charge < -0.3 is 10.2 Å². The van der Waals surface area contributed by atoms with Crippen molar-refractivity contribution in [1.82, 2.24) is 0 Å². The van der Waals surface area contributed by atoms with E-state index in [0.717, 1.165) is 0 Å². The van der Waals surface area contributed by atoms with Crippen molar-refractivity contribution < 1.29 is 0 Å². The minimum absolute atomic E-state index is 0.221. The van der Waals surface area contributed by atoms with Gasteiger partial charge in [-0.3, -0.25) is 0 Å². The van der Waals surface area contributed by atoms with E-state index in [1.807, 2.05) is 0 Å². The standard InChI is InChI=1S/C17H26N2/c1-17(2,3)12-9-10-16-14(11-12)18-13-7-5-6-8-15(13)19(16)4/h9-11,13,15,18H,5-8H2,1-4H3. The molecular weight excluding hydrogens is 232 g/mol. The van der Waals surface area contributed by atoms with Crippen LogP contribution in [0.15, 0.2) is 18.2 Å². The fourth-order valence-corrected chi connectivity index (χ4v) is 3.55. The Bertz CT molecular complexity index is 473. The number of benzene rings is 1. The van der Waals surface area contributed by atoms with E-state index < -0.39 is 0 Å². The number of nitrogens with one attached hydrogen (secondary N) is 1. The van der Waals surface area contributed by atoms with E-state index in [4.69, 9.17) is 0 Å². The Morgan fingerprint density at radius 1 is 1.16 bits per heavy atom. The summed E-state index contributed by atoms with van der Waals surface area (Å²) in [7, 11) is 2.26. The predicted molar refractivity (Wildman–Crippen MR) is 83.2 cm³/mol. The monoisotopic (exact) mass is 258 g/mol. The number of nitrogens with zero attached hydrogens (tertiary/aromatic N) is 1. The van der Waals surface area contributed by atoms with Gasteiger partial charge in [0.05, 0.1) is 11.4 Å². The molecule has 1 aromatic carbocycles. The van der Waals surface area contributed by atoms with Crippen molar-refractivity contribution in [3.8, 4) is 0 Å². The number of anilines is 2. The Balaban J connectivity index is 1.98. The predicted octanol–water partition coefficient (Wildman–Crippen LogP) is 4.16. The van der Waals surface area contributed by atoms with Crippen LogP contribution in [0.3, 0.4) is 0 Å². The average Bonchev–Trinajstić information content (AvgIpc) is 2.37. The molecule has 2 heteroatoms. The first-order valence-electron chi connectivity index (χ1n) is 7.61. The summed E-state index contributed by atoms with van der Waals surface area (Å²) in [5, 5.41) is 3.80. The molecule has 1 saturated carbocycles. The molecule has 1 aromatic rings. The van der Waals surface area contributed by atoms with Crippen molar-refractivity contribution in [2.24, 2.45) is 0 Å². The molecule has 19 heavy (non-hydrogen) atoms. The zero-order valence-corrected chi connectivity index (χ0v) is 12.7. The molecule has 104 valence electrons. The Kier molecular flexibility index (Phi) is 2.99. The van der Waals surface area contributed by atoms with Crippen LogP contribution in [-0.4, -0.2) is 19.1 Å². The zero-order chi connectivity index (χ0) is 13.6. The molecular formula is C17H26N2. The summed E-state index contributed by atoms with van der Waals surface area (Å²) < 4.78 is 0. The van der Waals surface area contributed by atoms with Gasteiger partial charge in [0.2, 0.25) is 0 Å². The van der Waals surface area contributed by atoms with Gasteiger partial charge in [0, 0.05) is 19.1 Å². The Labute approximate surface area is 117 Å². The van der Waals surface area contributed by atoms with Crippen LogP contribution in [-0.2, 0) is 5.41 Å². The molecule has 1 fully saturated rings. The third-order valence-corrected chi connectivity index (χ3v) is 4.81. The van der Waals surface area contributed by atoms with Crippen LogP contribution >= 0.6 is 0 Å². The third-order valence-electron chi connectivity index (χ3n) is 4.81. The van der Waals surface area contributed by atoms with Gasteiger partial charge in [-0.2, -0.15) is 0 Å². The van der Waals surface area contributed by atoms with E-state index in [0.29, 0.717) is 12.1 Å². The van der Waals surface area contributed by atoms with Crippen molar-refractivity contribution in [2.75, 3.05) is 17.3 Å². The summed E-state index contributed by atoms with van der Waals surface area (Å²) >= 11 is 0. The molecule has 2 atom stereocenters. The van der Waals surface area contributed by atoms with Gasteiger partial charge in [-0.15, -0.1) is 0 Å². The lowest BCUT2D eigenvalue weighted by molar-refractivity contribution is 0.385. The second-order valence-electron chi connectivity index (χ2n) is 7.20. The Hall–Kier alpha value is -1.18. The molecule has 1 heterocycles. The quantitative estimate of drug-likeness (QED) is 0.752. The van der Waals surface area contributed by atoms with Crippen LogP contribution in [0, 0.1) is 0 Å². The van der Waals surface area contributed by atoms with Gasteiger partial charge in [0.1, 0.15) is 0 Å². The summed E-state index contributed by atoms with van der Waals surface area (Å²) in [6.45, 7) is 6.85. The number of fused-ring (bicyclic) bond motifs is 2. The van der Waals surface area contributed by atoms with Crippen LogP contribution in [0.2, 0.25) is 0 Å². The van der Waals surface area contributed by atoms with Crippen LogP contribution in [0.25, 0.3) is 0 Å². The molecule has 2 aliphatic rings. The SMILES string of the molecule is CN1c2ccc(C(C)(C)C)cc2NC2CCCCC21. The number of hydrogen-bond donors (Lipinski definition) is 1. The van der Waals surface area contributed by atoms with Crippen molar-refractivity contribution in [3.63, 3.8) is 0 Å². The van der Waals surface area contributed by atoms with E-state index in [1.54, 1.807) is 0 Å². The highest BCUT2D eigenvalue weighted by molar-refractivity contribution is 5.74. The van der Waals surface area contributed by atoms with Gasteiger partial charge in [0.25, 0.3) is 0 Å². The van der Waals surface area contributed by atoms with E-state index >= 15 is 0 Å². The van der Waals surface area contributed by atoms with Gasteiger partial charge >= 0.3 is 0 Å². The van der Waals surface area contributed by atoms with Gasteiger partial charge in [-0.25, -0.2) is 0 Å². The molecule has 0 aromatic heterocycles. The molecule has 1 aliphatic carbocycles. The second kappa shape index (κ2) is 4.43. The molecule has 2 nitrogen and oxygen atoms in total. The third kappa shape index (κ3) is 2.22. The summed E-state index contributed by atoms with van der Waals surface area (Å²) in [6.07, 6.45) is 5.39. The van der Waals surface area contributed by atoms with Crippen molar-refractivity contribution in [1.29, 1.82) is 0 Å². The maximum Gasteiger partial charge on any atom is 0.0602 e. The summed E-state index contributed by atoms with van der Waals surface area (Å²) in [5.41, 5.74) is 4.34. The smallest absolute Gasteiger partial charge is 0.0602 e. The highest BCUT2D eigenvalue weighted by atomic mass is 15.2. The maximum atomic E-state index is 3.80. The van der Waals surface area contributed by atoms with E-state index in [2.05, 4.69) is 56.2 Å². The lowest BCUT2D eigenvalue weighted by Gasteiger charge is -2.45. The summed E-state index contributed by atoms with van der Waals surface area (Å²) in [6, 6.07) is 8.27. The molecule has 0 amide bonds. The fraction of sp³-hybridized carbons (Fsp3) is 0.647. The van der Waals surface area contributed by atoms with Crippen LogP contribution in [0.4, 0.5) is 11.4 Å². The zero-order valence-electron chi connectivity index (χ0n) is 12.7. The molecule has 1 aliphatic heterocycles. The highest BCUT2D eigenvalue weighted by Gasteiger charge is 2.34. The maximum absolute atomic E-state index is 3.80. The second-order valence-corrected chi connectivity index (χ2v) is 7.20. The minimum atomic E-state index is 0.221. The minimum Gasteiger partial charge on any atom is -0.379 e. The summed E-state index contributed by atoms with van der Waals surface area (Å²) in [5.74, 6) is 0. The summed E-state index contributed by atoms with van der Waals surface area (Å²) in [4.78, 5) is 2.50. The molecule has 0 radical (unpaired) electrons. The lowest BCUT2D eigenvalue weighted by atomic mass is 9.84. The van der Waals surface area contributed by atoms with E-state index in [-0.39, 0.29) is 5.41 Å². The van der Waals surface area contributed by atoms with E-state index in [9.17, 15) is 0 Å². The first-order valence-corrected chi connectivity index (χ1v) is 7.61. The Morgan fingerprint density at radius 2 is 1.89 bits per heavy atom. The van der Waals surface area contributed by atoms with Crippen LogP contribution in [0.5, 0.6) is 0 Å². The number of rotatable bonds is 0. The number of hydrogen-bond acceptors (Lipinski definition) is 2. The van der Waals surface area contributed by atoms with Crippen LogP contribution in [0.1, 0.15) is 52.0 Å². The largest absolute Gasteiger partial charge is 0.379 e. The number of likely N-dealkylation sites (N-methyl/N-ethyl adjacent to an activating group) is 1. The molecule has 0 bridgehead atoms. The molecule has 0 spiro atoms. The topological polar surface area (TPSA) is 15.3 Å².